The van der Waals surface area contributed by atoms with Gasteiger partial charge in [-0.2, -0.15) is 0 Å². The SMILES string of the molecule is O=C(Nc1cccnc1)NC1CCCCCCCCCCC1. The van der Waals surface area contributed by atoms with E-state index in [1.165, 1.54) is 57.8 Å². The van der Waals surface area contributed by atoms with Crippen LogP contribution in [0.5, 0.6) is 0 Å². The van der Waals surface area contributed by atoms with Gasteiger partial charge in [-0.1, -0.05) is 57.8 Å². The second-order valence-corrected chi connectivity index (χ2v) is 6.30. The number of hydrogen-bond acceptors (Lipinski definition) is 2. The predicted molar refractivity (Wildman–Crippen MR) is 91.0 cm³/mol. The minimum Gasteiger partial charge on any atom is -0.335 e. The normalized spacial score (nSPS) is 18.7. The summed E-state index contributed by atoms with van der Waals surface area (Å²) in [7, 11) is 0. The lowest BCUT2D eigenvalue weighted by molar-refractivity contribution is 0.246. The first-order valence-electron chi connectivity index (χ1n) is 8.82. The molecule has 2 rings (SSSR count). The van der Waals surface area contributed by atoms with E-state index in [1.807, 2.05) is 12.1 Å². The number of urea groups is 1. The van der Waals surface area contributed by atoms with Crippen LogP contribution in [0.3, 0.4) is 0 Å². The van der Waals surface area contributed by atoms with Crippen molar-refractivity contribution in [1.82, 2.24) is 10.3 Å². The minimum absolute atomic E-state index is 0.106. The standard InChI is InChI=1S/C18H29N3O/c22-18(21-17-13-10-14-19-15-17)20-16-11-8-6-4-2-1-3-5-7-9-12-16/h10,13-16H,1-9,11-12H2,(H2,20,21,22). The topological polar surface area (TPSA) is 54.0 Å². The molecule has 0 radical (unpaired) electrons. The molecule has 0 atom stereocenters. The lowest BCUT2D eigenvalue weighted by Gasteiger charge is -2.20. The molecule has 1 aliphatic rings. The summed E-state index contributed by atoms with van der Waals surface area (Å²) < 4.78 is 0. The van der Waals surface area contributed by atoms with Gasteiger partial charge in [-0.05, 0) is 25.0 Å². The van der Waals surface area contributed by atoms with Crippen molar-refractivity contribution in [2.45, 2.75) is 76.7 Å². The Bertz CT molecular complexity index is 410. The number of carbonyl (C=O) groups excluding carboxylic acids is 1. The highest BCUT2D eigenvalue weighted by atomic mass is 16.2. The molecule has 1 aromatic rings. The third-order valence-electron chi connectivity index (χ3n) is 4.36. The van der Waals surface area contributed by atoms with E-state index in [9.17, 15) is 4.79 Å². The van der Waals surface area contributed by atoms with Gasteiger partial charge < -0.3 is 10.6 Å². The van der Waals surface area contributed by atoms with Gasteiger partial charge >= 0.3 is 6.03 Å². The number of nitrogens with zero attached hydrogens (tertiary/aromatic N) is 1. The van der Waals surface area contributed by atoms with Crippen molar-refractivity contribution in [3.8, 4) is 0 Å². The van der Waals surface area contributed by atoms with Gasteiger partial charge in [0.1, 0.15) is 0 Å². The zero-order valence-electron chi connectivity index (χ0n) is 13.5. The van der Waals surface area contributed by atoms with E-state index in [2.05, 4.69) is 15.6 Å². The molecule has 122 valence electrons. The van der Waals surface area contributed by atoms with Gasteiger partial charge in [0.2, 0.25) is 0 Å². The van der Waals surface area contributed by atoms with Gasteiger partial charge in [0.25, 0.3) is 0 Å². The van der Waals surface area contributed by atoms with Crippen molar-refractivity contribution in [3.63, 3.8) is 0 Å². The Hall–Kier alpha value is -1.58. The van der Waals surface area contributed by atoms with Crippen LogP contribution in [-0.4, -0.2) is 17.1 Å². The summed E-state index contributed by atoms with van der Waals surface area (Å²) in [5, 5.41) is 6.00. The van der Waals surface area contributed by atoms with Crippen molar-refractivity contribution in [2.75, 3.05) is 5.32 Å². The second-order valence-electron chi connectivity index (χ2n) is 6.30. The van der Waals surface area contributed by atoms with Gasteiger partial charge in [0.05, 0.1) is 11.9 Å². The molecule has 1 fully saturated rings. The van der Waals surface area contributed by atoms with Crippen LogP contribution >= 0.6 is 0 Å². The number of hydrogen-bond donors (Lipinski definition) is 2. The molecule has 1 aliphatic carbocycles. The molecule has 0 bridgehead atoms. The average Bonchev–Trinajstić information content (AvgIpc) is 2.51. The first-order valence-corrected chi connectivity index (χ1v) is 8.82. The molecule has 0 saturated heterocycles. The van der Waals surface area contributed by atoms with Crippen LogP contribution in [0, 0.1) is 0 Å². The highest BCUT2D eigenvalue weighted by molar-refractivity contribution is 5.89. The van der Waals surface area contributed by atoms with Crippen molar-refractivity contribution < 1.29 is 4.79 Å². The molecule has 4 nitrogen and oxygen atoms in total. The zero-order valence-corrected chi connectivity index (χ0v) is 13.5. The summed E-state index contributed by atoms with van der Waals surface area (Å²) in [6, 6.07) is 3.88. The Labute approximate surface area is 134 Å². The van der Waals surface area contributed by atoms with Crippen LogP contribution in [0.1, 0.15) is 70.6 Å². The van der Waals surface area contributed by atoms with E-state index in [1.54, 1.807) is 12.4 Å². The maximum atomic E-state index is 12.1. The highest BCUT2D eigenvalue weighted by Gasteiger charge is 2.12. The Morgan fingerprint density at radius 2 is 1.55 bits per heavy atom. The smallest absolute Gasteiger partial charge is 0.319 e. The molecule has 1 aromatic heterocycles. The van der Waals surface area contributed by atoms with Gasteiger partial charge in [-0.15, -0.1) is 0 Å². The summed E-state index contributed by atoms with van der Waals surface area (Å²) in [6.45, 7) is 0. The summed E-state index contributed by atoms with van der Waals surface area (Å²) in [5.41, 5.74) is 0.744. The maximum Gasteiger partial charge on any atom is 0.319 e. The third-order valence-corrected chi connectivity index (χ3v) is 4.36. The molecule has 1 saturated carbocycles. The van der Waals surface area contributed by atoms with Gasteiger partial charge in [0, 0.05) is 12.2 Å². The van der Waals surface area contributed by atoms with E-state index in [-0.39, 0.29) is 6.03 Å². The predicted octanol–water partition coefficient (Wildman–Crippen LogP) is 4.88. The molecule has 0 aliphatic heterocycles. The first kappa shape index (κ1) is 16.8. The molecule has 22 heavy (non-hydrogen) atoms. The zero-order chi connectivity index (χ0) is 15.5. The minimum atomic E-state index is -0.106. The van der Waals surface area contributed by atoms with Crippen LogP contribution in [0.2, 0.25) is 0 Å². The summed E-state index contributed by atoms with van der Waals surface area (Å²) in [5.74, 6) is 0. The first-order chi connectivity index (χ1) is 10.8. The molecule has 2 N–H and O–H groups in total. The molecule has 1 heterocycles. The number of nitrogens with one attached hydrogen (secondary N) is 2. The molecular formula is C18H29N3O. The molecular weight excluding hydrogens is 274 g/mol. The fraction of sp³-hybridized carbons (Fsp3) is 0.667. The van der Waals surface area contributed by atoms with Crippen molar-refractivity contribution in [3.05, 3.63) is 24.5 Å². The van der Waals surface area contributed by atoms with Crippen LogP contribution < -0.4 is 10.6 Å². The van der Waals surface area contributed by atoms with Crippen molar-refractivity contribution >= 4 is 11.7 Å². The number of aromatic nitrogens is 1. The lowest BCUT2D eigenvalue weighted by Crippen LogP contribution is -2.38. The molecule has 0 unspecified atom stereocenters. The van der Waals surface area contributed by atoms with E-state index in [0.717, 1.165) is 18.5 Å². The van der Waals surface area contributed by atoms with E-state index >= 15 is 0 Å². The Balaban J connectivity index is 1.77. The lowest BCUT2D eigenvalue weighted by atomic mass is 9.98. The van der Waals surface area contributed by atoms with E-state index < -0.39 is 0 Å². The van der Waals surface area contributed by atoms with E-state index in [0.29, 0.717) is 6.04 Å². The van der Waals surface area contributed by atoms with Crippen molar-refractivity contribution in [1.29, 1.82) is 0 Å². The fourth-order valence-corrected chi connectivity index (χ4v) is 3.10. The number of amides is 2. The van der Waals surface area contributed by atoms with Gasteiger partial charge in [-0.25, -0.2) is 4.79 Å². The summed E-state index contributed by atoms with van der Waals surface area (Å²) >= 11 is 0. The van der Waals surface area contributed by atoms with Crippen LogP contribution in [0.25, 0.3) is 0 Å². The maximum absolute atomic E-state index is 12.1. The quantitative estimate of drug-likeness (QED) is 0.818. The van der Waals surface area contributed by atoms with E-state index in [4.69, 9.17) is 0 Å². The monoisotopic (exact) mass is 303 g/mol. The largest absolute Gasteiger partial charge is 0.335 e. The average molecular weight is 303 g/mol. The third kappa shape index (κ3) is 6.92. The summed E-state index contributed by atoms with van der Waals surface area (Å²) in [6.07, 6.45) is 17.4. The number of rotatable bonds is 2. The molecule has 4 heteroatoms. The fourth-order valence-electron chi connectivity index (χ4n) is 3.10. The molecule has 2 amide bonds. The highest BCUT2D eigenvalue weighted by Crippen LogP contribution is 2.17. The van der Waals surface area contributed by atoms with Crippen molar-refractivity contribution in [2.24, 2.45) is 0 Å². The number of anilines is 1. The van der Waals surface area contributed by atoms with Crippen LogP contribution in [0.4, 0.5) is 10.5 Å². The van der Waals surface area contributed by atoms with Gasteiger partial charge in [-0.3, -0.25) is 4.98 Å². The number of pyridine rings is 1. The Morgan fingerprint density at radius 3 is 2.09 bits per heavy atom. The van der Waals surface area contributed by atoms with Crippen LogP contribution in [0.15, 0.2) is 24.5 Å². The van der Waals surface area contributed by atoms with Crippen LogP contribution in [-0.2, 0) is 0 Å². The van der Waals surface area contributed by atoms with Gasteiger partial charge in [0.15, 0.2) is 0 Å². The number of carbonyl (C=O) groups is 1. The molecule has 0 aromatic carbocycles. The second kappa shape index (κ2) is 10.2. The molecule has 0 spiro atoms. The Morgan fingerprint density at radius 1 is 0.955 bits per heavy atom. The summed E-state index contributed by atoms with van der Waals surface area (Å²) in [4.78, 5) is 16.1. The Kier molecular flexibility index (Phi) is 7.78.